The lowest BCUT2D eigenvalue weighted by atomic mass is 9.94. The summed E-state index contributed by atoms with van der Waals surface area (Å²) in [6.07, 6.45) is 1.89. The van der Waals surface area contributed by atoms with E-state index in [1.807, 2.05) is 0 Å². The Morgan fingerprint density at radius 2 is 2.12 bits per heavy atom. The van der Waals surface area contributed by atoms with Crippen molar-refractivity contribution >= 4 is 5.91 Å². The quantitative estimate of drug-likeness (QED) is 0.781. The zero-order chi connectivity index (χ0) is 11.5. The molecule has 1 aliphatic heterocycles. The molecule has 1 aliphatic rings. The fourth-order valence-corrected chi connectivity index (χ4v) is 2.04. The van der Waals surface area contributed by atoms with Gasteiger partial charge in [0.1, 0.15) is 0 Å². The predicted octanol–water partition coefficient (Wildman–Crippen LogP) is 2.35. The minimum Gasteiger partial charge on any atom is -0.355 e. The van der Waals surface area contributed by atoms with Crippen LogP contribution in [-0.2, 0) is 4.79 Å². The highest BCUT2D eigenvalue weighted by Crippen LogP contribution is 2.26. The minimum atomic E-state index is -0.826. The molecular formula is C12H13F2NO. The van der Waals surface area contributed by atoms with Crippen LogP contribution < -0.4 is 5.32 Å². The average Bonchev–Trinajstić information content (AvgIpc) is 2.47. The van der Waals surface area contributed by atoms with Crippen LogP contribution in [0.15, 0.2) is 18.2 Å². The summed E-state index contributed by atoms with van der Waals surface area (Å²) in [6.45, 7) is 0.388. The van der Waals surface area contributed by atoms with Crippen LogP contribution in [0.4, 0.5) is 8.78 Å². The Morgan fingerprint density at radius 3 is 2.94 bits per heavy atom. The highest BCUT2D eigenvalue weighted by molar-refractivity contribution is 5.76. The monoisotopic (exact) mass is 225 g/mol. The van der Waals surface area contributed by atoms with Crippen molar-refractivity contribution in [1.82, 2.24) is 5.32 Å². The molecule has 1 aromatic rings. The Morgan fingerprint density at radius 1 is 1.31 bits per heavy atom. The van der Waals surface area contributed by atoms with E-state index in [0.29, 0.717) is 31.4 Å². The Labute approximate surface area is 92.7 Å². The Balaban J connectivity index is 2.23. The van der Waals surface area contributed by atoms with Gasteiger partial charge in [-0.2, -0.15) is 0 Å². The molecule has 1 amide bonds. The summed E-state index contributed by atoms with van der Waals surface area (Å²) in [4.78, 5) is 11.1. The second-order valence-corrected chi connectivity index (χ2v) is 4.04. The Hall–Kier alpha value is -1.45. The highest BCUT2D eigenvalue weighted by atomic mass is 19.2. The van der Waals surface area contributed by atoms with Gasteiger partial charge in [0.2, 0.25) is 5.91 Å². The van der Waals surface area contributed by atoms with Gasteiger partial charge in [-0.15, -0.1) is 0 Å². The number of hydrogen-bond acceptors (Lipinski definition) is 1. The van der Waals surface area contributed by atoms with E-state index in [4.69, 9.17) is 0 Å². The van der Waals surface area contributed by atoms with Crippen molar-refractivity contribution in [2.45, 2.75) is 25.2 Å². The highest BCUT2D eigenvalue weighted by Gasteiger charge is 2.21. The first kappa shape index (κ1) is 11.0. The first-order chi connectivity index (χ1) is 7.68. The zero-order valence-corrected chi connectivity index (χ0v) is 8.80. The van der Waals surface area contributed by atoms with Crippen LogP contribution >= 0.6 is 0 Å². The van der Waals surface area contributed by atoms with Gasteiger partial charge in [-0.3, -0.25) is 4.79 Å². The van der Waals surface area contributed by atoms with Crippen molar-refractivity contribution in [3.8, 4) is 0 Å². The zero-order valence-electron chi connectivity index (χ0n) is 8.80. The maximum absolute atomic E-state index is 13.5. The molecule has 0 saturated carbocycles. The lowest BCUT2D eigenvalue weighted by molar-refractivity contribution is -0.120. The number of amides is 1. The van der Waals surface area contributed by atoms with E-state index in [1.54, 1.807) is 6.07 Å². The van der Waals surface area contributed by atoms with Gasteiger partial charge in [0.25, 0.3) is 0 Å². The summed E-state index contributed by atoms with van der Waals surface area (Å²) in [5.41, 5.74) is 0.363. The molecule has 1 atom stereocenters. The van der Waals surface area contributed by atoms with Crippen molar-refractivity contribution in [2.24, 2.45) is 0 Å². The van der Waals surface area contributed by atoms with Crippen molar-refractivity contribution in [1.29, 1.82) is 0 Å². The van der Waals surface area contributed by atoms with Crippen molar-refractivity contribution in [3.05, 3.63) is 35.4 Å². The van der Waals surface area contributed by atoms with E-state index >= 15 is 0 Å². The second-order valence-electron chi connectivity index (χ2n) is 4.04. The summed E-state index contributed by atoms with van der Waals surface area (Å²) in [6, 6.07) is 4.19. The van der Waals surface area contributed by atoms with Gasteiger partial charge in [-0.05, 0) is 24.5 Å². The van der Waals surface area contributed by atoms with Crippen LogP contribution in [0.1, 0.15) is 30.7 Å². The van der Waals surface area contributed by atoms with Gasteiger partial charge in [0.15, 0.2) is 11.6 Å². The van der Waals surface area contributed by atoms with Crippen LogP contribution in [0, 0.1) is 11.6 Å². The Kier molecular flexibility index (Phi) is 3.17. The molecular weight excluding hydrogens is 212 g/mol. The van der Waals surface area contributed by atoms with Crippen LogP contribution in [-0.4, -0.2) is 12.5 Å². The molecule has 1 N–H and O–H groups in total. The molecule has 1 heterocycles. The number of hydrogen-bond donors (Lipinski definition) is 1. The predicted molar refractivity (Wildman–Crippen MR) is 56.0 cm³/mol. The molecule has 1 aromatic carbocycles. The molecule has 2 rings (SSSR count). The third kappa shape index (κ3) is 2.21. The van der Waals surface area contributed by atoms with Crippen LogP contribution in [0.25, 0.3) is 0 Å². The number of benzene rings is 1. The maximum atomic E-state index is 13.5. The van der Waals surface area contributed by atoms with E-state index in [1.165, 1.54) is 6.07 Å². The average molecular weight is 225 g/mol. The molecule has 0 aliphatic carbocycles. The fraction of sp³-hybridized carbons (Fsp3) is 0.417. The van der Waals surface area contributed by atoms with Gasteiger partial charge in [0, 0.05) is 18.9 Å². The third-order valence-electron chi connectivity index (χ3n) is 2.92. The van der Waals surface area contributed by atoms with E-state index in [0.717, 1.165) is 6.07 Å². The standard InChI is InChI=1S/C12H13F2NO/c13-10-5-2-4-9(12(10)14)8-3-1-6-11(16)15-7-8/h2,4-5,8H,1,3,6-7H2,(H,15,16). The largest absolute Gasteiger partial charge is 0.355 e. The van der Waals surface area contributed by atoms with Crippen LogP contribution in [0.2, 0.25) is 0 Å². The smallest absolute Gasteiger partial charge is 0.220 e. The van der Waals surface area contributed by atoms with Gasteiger partial charge in [-0.1, -0.05) is 12.1 Å². The summed E-state index contributed by atoms with van der Waals surface area (Å²) in [5.74, 6) is -1.75. The number of carbonyl (C=O) groups excluding carboxylic acids is 1. The number of nitrogens with one attached hydrogen (secondary N) is 1. The van der Waals surface area contributed by atoms with E-state index in [2.05, 4.69) is 5.32 Å². The lowest BCUT2D eigenvalue weighted by Gasteiger charge is -2.15. The molecule has 0 radical (unpaired) electrons. The molecule has 16 heavy (non-hydrogen) atoms. The van der Waals surface area contributed by atoms with Crippen LogP contribution in [0.3, 0.4) is 0 Å². The van der Waals surface area contributed by atoms with E-state index in [9.17, 15) is 13.6 Å². The minimum absolute atomic E-state index is 0.0145. The first-order valence-electron chi connectivity index (χ1n) is 5.39. The first-order valence-corrected chi connectivity index (χ1v) is 5.39. The third-order valence-corrected chi connectivity index (χ3v) is 2.92. The molecule has 86 valence electrons. The molecule has 0 bridgehead atoms. The van der Waals surface area contributed by atoms with Gasteiger partial charge >= 0.3 is 0 Å². The van der Waals surface area contributed by atoms with Crippen molar-refractivity contribution < 1.29 is 13.6 Å². The summed E-state index contributed by atoms with van der Waals surface area (Å²) >= 11 is 0. The van der Waals surface area contributed by atoms with Crippen molar-refractivity contribution in [2.75, 3.05) is 6.54 Å². The molecule has 1 unspecified atom stereocenters. The van der Waals surface area contributed by atoms with Crippen molar-refractivity contribution in [3.63, 3.8) is 0 Å². The molecule has 2 nitrogen and oxygen atoms in total. The molecule has 1 saturated heterocycles. The lowest BCUT2D eigenvalue weighted by Crippen LogP contribution is -2.25. The van der Waals surface area contributed by atoms with E-state index < -0.39 is 11.6 Å². The summed E-state index contributed by atoms with van der Waals surface area (Å²) < 4.78 is 26.6. The van der Waals surface area contributed by atoms with Gasteiger partial charge < -0.3 is 5.32 Å². The van der Waals surface area contributed by atoms with E-state index in [-0.39, 0.29) is 11.8 Å². The number of carbonyl (C=O) groups is 1. The fourth-order valence-electron chi connectivity index (χ4n) is 2.04. The SMILES string of the molecule is O=C1CCCC(c2cccc(F)c2F)CN1. The normalized spacial score (nSPS) is 21.4. The Bertz CT molecular complexity index is 406. The number of halogens is 2. The molecule has 4 heteroatoms. The number of rotatable bonds is 1. The van der Waals surface area contributed by atoms with Crippen LogP contribution in [0.5, 0.6) is 0 Å². The summed E-state index contributed by atoms with van der Waals surface area (Å²) in [5, 5.41) is 2.71. The molecule has 1 fully saturated rings. The maximum Gasteiger partial charge on any atom is 0.220 e. The van der Waals surface area contributed by atoms with Gasteiger partial charge in [-0.25, -0.2) is 8.78 Å². The molecule has 0 spiro atoms. The topological polar surface area (TPSA) is 29.1 Å². The molecule has 0 aromatic heterocycles. The second kappa shape index (κ2) is 4.60. The summed E-state index contributed by atoms with van der Waals surface area (Å²) in [7, 11) is 0. The van der Waals surface area contributed by atoms with Gasteiger partial charge in [0.05, 0.1) is 0 Å².